The summed E-state index contributed by atoms with van der Waals surface area (Å²) in [4.78, 5) is 4.17. The minimum atomic E-state index is 0.449. The summed E-state index contributed by atoms with van der Waals surface area (Å²) in [7, 11) is 0. The summed E-state index contributed by atoms with van der Waals surface area (Å²) in [5, 5.41) is 5.69. The van der Waals surface area contributed by atoms with E-state index in [0.717, 1.165) is 22.7 Å². The molecule has 2 aromatic carbocycles. The van der Waals surface area contributed by atoms with E-state index < -0.39 is 0 Å². The van der Waals surface area contributed by atoms with Crippen LogP contribution in [0.15, 0.2) is 54.6 Å². The molecule has 0 bridgehead atoms. The van der Waals surface area contributed by atoms with Crippen LogP contribution in [0.4, 0.5) is 0 Å². The first kappa shape index (κ1) is 12.6. The molecule has 1 heterocycles. The number of aromatic amines is 2. The zero-order valence-electron chi connectivity index (χ0n) is 10.7. The molecule has 0 aliphatic rings. The van der Waals surface area contributed by atoms with E-state index in [1.165, 1.54) is 0 Å². The van der Waals surface area contributed by atoms with Crippen molar-refractivity contribution in [1.82, 2.24) is 15.2 Å². The van der Waals surface area contributed by atoms with Gasteiger partial charge in [0.25, 0.3) is 0 Å². The van der Waals surface area contributed by atoms with Crippen molar-refractivity contribution in [3.63, 3.8) is 0 Å². The highest BCUT2D eigenvalue weighted by Crippen LogP contribution is 2.19. The lowest BCUT2D eigenvalue weighted by Gasteiger charge is -2.06. The number of H-pyrrole nitrogens is 2. The predicted octanol–water partition coefficient (Wildman–Crippen LogP) is 3.71. The number of nitrogens with one attached hydrogen (secondary N) is 2. The largest absolute Gasteiger partial charge is 0.489 e. The van der Waals surface area contributed by atoms with Crippen LogP contribution in [0.25, 0.3) is 11.4 Å². The van der Waals surface area contributed by atoms with Crippen LogP contribution in [-0.4, -0.2) is 15.2 Å². The van der Waals surface area contributed by atoms with E-state index >= 15 is 0 Å². The topological polar surface area (TPSA) is 53.7 Å². The van der Waals surface area contributed by atoms with Crippen molar-refractivity contribution in [2.24, 2.45) is 0 Å². The van der Waals surface area contributed by atoms with Gasteiger partial charge >= 0.3 is 0 Å². The summed E-state index contributed by atoms with van der Waals surface area (Å²) < 4.78 is 6.18. The maximum absolute atomic E-state index is 5.73. The zero-order valence-corrected chi connectivity index (χ0v) is 11.5. The Morgan fingerprint density at radius 3 is 2.35 bits per heavy atom. The smallest absolute Gasteiger partial charge is 0.213 e. The van der Waals surface area contributed by atoms with Crippen molar-refractivity contribution in [2.45, 2.75) is 6.61 Å². The summed E-state index contributed by atoms with van der Waals surface area (Å²) in [6.45, 7) is 0.561. The van der Waals surface area contributed by atoms with Gasteiger partial charge in [-0.1, -0.05) is 30.3 Å². The first-order valence-corrected chi connectivity index (χ1v) is 6.64. The number of ether oxygens (including phenoxy) is 1. The summed E-state index contributed by atoms with van der Waals surface area (Å²) in [5.41, 5.74) is 2.11. The van der Waals surface area contributed by atoms with E-state index in [0.29, 0.717) is 11.4 Å². The fraction of sp³-hybridized carbons (Fsp3) is 0.0667. The summed E-state index contributed by atoms with van der Waals surface area (Å²) >= 11 is 4.93. The van der Waals surface area contributed by atoms with Crippen molar-refractivity contribution in [3.8, 4) is 17.1 Å². The normalized spacial score (nSPS) is 10.4. The Bertz CT molecular complexity index is 732. The van der Waals surface area contributed by atoms with Gasteiger partial charge < -0.3 is 4.74 Å². The number of aromatic nitrogens is 3. The van der Waals surface area contributed by atoms with E-state index in [1.807, 2.05) is 54.6 Å². The van der Waals surface area contributed by atoms with Crippen molar-refractivity contribution in [1.29, 1.82) is 0 Å². The Balaban J connectivity index is 1.69. The fourth-order valence-corrected chi connectivity index (χ4v) is 2.00. The monoisotopic (exact) mass is 283 g/mol. The van der Waals surface area contributed by atoms with Crippen LogP contribution in [0, 0.1) is 4.77 Å². The molecule has 2 N–H and O–H groups in total. The van der Waals surface area contributed by atoms with Crippen LogP contribution in [0.2, 0.25) is 0 Å². The highest BCUT2D eigenvalue weighted by molar-refractivity contribution is 7.71. The molecule has 1 aromatic heterocycles. The van der Waals surface area contributed by atoms with Crippen molar-refractivity contribution < 1.29 is 4.74 Å². The quantitative estimate of drug-likeness (QED) is 0.718. The molecule has 4 nitrogen and oxygen atoms in total. The van der Waals surface area contributed by atoms with E-state index in [1.54, 1.807) is 0 Å². The Labute approximate surface area is 121 Å². The number of hydrogen-bond donors (Lipinski definition) is 2. The first-order valence-electron chi connectivity index (χ1n) is 6.23. The third-order valence-corrected chi connectivity index (χ3v) is 3.07. The molecule has 0 unspecified atom stereocenters. The van der Waals surface area contributed by atoms with E-state index in [9.17, 15) is 0 Å². The second-order valence-corrected chi connectivity index (χ2v) is 4.70. The SMILES string of the molecule is S=c1nc(-c2ccc(OCc3ccccc3)cc2)[nH][nH]1. The van der Waals surface area contributed by atoms with Gasteiger partial charge in [0, 0.05) is 5.56 Å². The molecule has 0 aliphatic heterocycles. The summed E-state index contributed by atoms with van der Waals surface area (Å²) in [6, 6.07) is 17.8. The Morgan fingerprint density at radius 1 is 0.950 bits per heavy atom. The summed E-state index contributed by atoms with van der Waals surface area (Å²) in [6.07, 6.45) is 0. The molecule has 3 rings (SSSR count). The number of benzene rings is 2. The molecule has 0 radical (unpaired) electrons. The standard InChI is InChI=1S/C15H13N3OS/c20-15-16-14(17-18-15)12-6-8-13(9-7-12)19-10-11-4-2-1-3-5-11/h1-9H,10H2,(H2,16,17,18,20). The first-order chi connectivity index (χ1) is 9.81. The van der Waals surface area contributed by atoms with Gasteiger partial charge in [0.2, 0.25) is 4.77 Å². The van der Waals surface area contributed by atoms with Gasteiger partial charge in [-0.15, -0.1) is 0 Å². The van der Waals surface area contributed by atoms with Gasteiger partial charge in [-0.2, -0.15) is 4.98 Å². The lowest BCUT2D eigenvalue weighted by atomic mass is 10.2. The van der Waals surface area contributed by atoms with E-state index in [4.69, 9.17) is 17.0 Å². The summed E-state index contributed by atoms with van der Waals surface area (Å²) in [5.74, 6) is 1.55. The molecule has 0 saturated heterocycles. The lowest BCUT2D eigenvalue weighted by molar-refractivity contribution is 0.306. The van der Waals surface area contributed by atoms with Crippen molar-refractivity contribution in [3.05, 3.63) is 64.9 Å². The van der Waals surface area contributed by atoms with Crippen LogP contribution in [0.1, 0.15) is 5.56 Å². The van der Waals surface area contributed by atoms with Gasteiger partial charge in [0.1, 0.15) is 12.4 Å². The molecule has 0 spiro atoms. The molecular weight excluding hydrogens is 270 g/mol. The molecule has 0 fully saturated rings. The molecule has 5 heteroatoms. The molecule has 0 atom stereocenters. The van der Waals surface area contributed by atoms with Crippen molar-refractivity contribution >= 4 is 12.2 Å². The van der Waals surface area contributed by atoms with E-state index in [2.05, 4.69) is 15.2 Å². The van der Waals surface area contributed by atoms with E-state index in [-0.39, 0.29) is 0 Å². The molecule has 3 aromatic rings. The zero-order chi connectivity index (χ0) is 13.8. The van der Waals surface area contributed by atoms with Crippen LogP contribution in [0.5, 0.6) is 5.75 Å². The number of hydrogen-bond acceptors (Lipinski definition) is 3. The minimum absolute atomic E-state index is 0.449. The van der Waals surface area contributed by atoms with Gasteiger partial charge in [-0.3, -0.25) is 10.2 Å². The Hall–Kier alpha value is -2.40. The second-order valence-electron chi connectivity index (χ2n) is 4.31. The molecule has 0 amide bonds. The highest BCUT2D eigenvalue weighted by Gasteiger charge is 2.01. The minimum Gasteiger partial charge on any atom is -0.489 e. The van der Waals surface area contributed by atoms with Gasteiger partial charge in [0.15, 0.2) is 5.82 Å². The van der Waals surface area contributed by atoms with Gasteiger partial charge in [-0.25, -0.2) is 0 Å². The molecule has 0 aliphatic carbocycles. The highest BCUT2D eigenvalue weighted by atomic mass is 32.1. The Morgan fingerprint density at radius 2 is 1.70 bits per heavy atom. The maximum Gasteiger partial charge on any atom is 0.213 e. The van der Waals surface area contributed by atoms with Crippen molar-refractivity contribution in [2.75, 3.05) is 0 Å². The van der Waals surface area contributed by atoms with Crippen LogP contribution in [-0.2, 0) is 6.61 Å². The molecule has 0 saturated carbocycles. The molecular formula is C15H13N3OS. The van der Waals surface area contributed by atoms with Gasteiger partial charge in [0.05, 0.1) is 0 Å². The van der Waals surface area contributed by atoms with Crippen LogP contribution in [0.3, 0.4) is 0 Å². The number of rotatable bonds is 4. The molecule has 20 heavy (non-hydrogen) atoms. The fourth-order valence-electron chi connectivity index (χ4n) is 1.86. The second kappa shape index (κ2) is 5.71. The predicted molar refractivity (Wildman–Crippen MR) is 80.0 cm³/mol. The average molecular weight is 283 g/mol. The molecule has 100 valence electrons. The number of nitrogens with zero attached hydrogens (tertiary/aromatic N) is 1. The lowest BCUT2D eigenvalue weighted by Crippen LogP contribution is -1.94. The Kier molecular flexibility index (Phi) is 3.60. The van der Waals surface area contributed by atoms with Gasteiger partial charge in [-0.05, 0) is 42.0 Å². The van der Waals surface area contributed by atoms with Crippen LogP contribution < -0.4 is 4.74 Å². The van der Waals surface area contributed by atoms with Crippen LogP contribution >= 0.6 is 12.2 Å². The third-order valence-electron chi connectivity index (χ3n) is 2.88. The average Bonchev–Trinajstić information content (AvgIpc) is 2.93. The third kappa shape index (κ3) is 2.95. The maximum atomic E-state index is 5.73.